The average Bonchev–Trinajstić information content (AvgIpc) is 0.862. The number of carbonyl (C=O) groups excluding carboxylic acids is 8. The lowest BCUT2D eigenvalue weighted by Gasteiger charge is -2.67. The van der Waals surface area contributed by atoms with Crippen LogP contribution in [0.3, 0.4) is 0 Å². The van der Waals surface area contributed by atoms with E-state index in [1.807, 2.05) is 24.3 Å². The number of aliphatic hydroxyl groups is 2. The summed E-state index contributed by atoms with van der Waals surface area (Å²) in [6, 6.07) is 42.7. The molecule has 25 heteroatoms. The third-order valence-corrected chi connectivity index (χ3v) is 22.4. The Balaban J connectivity index is 0.771. The number of rotatable bonds is 19. The number of esters is 6. The normalized spacial score (nSPS) is 27.5. The Kier molecular flexibility index (Phi) is 19.3. The average molecular weight is 1460 g/mol. The number of ether oxygens (including phenoxy) is 11. The molecule has 7 aromatic carbocycles. The zero-order valence-electron chi connectivity index (χ0n) is 59.7. The van der Waals surface area contributed by atoms with E-state index in [1.54, 1.807) is 135 Å². The summed E-state index contributed by atoms with van der Waals surface area (Å²) in [7, 11) is 2.87. The molecular formula is C82H79N3O22. The monoisotopic (exact) mass is 1460 g/mol. The highest BCUT2D eigenvalue weighted by Crippen LogP contribution is 2.65. The van der Waals surface area contributed by atoms with Crippen LogP contribution in [0.25, 0.3) is 0 Å². The molecule has 2 saturated carbocycles. The smallest absolute Gasteiger partial charge is 0.350 e. The first-order valence-corrected chi connectivity index (χ1v) is 35.1. The number of ketones is 1. The number of amides is 1. The number of hydrogen-bond donors (Lipinski definition) is 5. The molecule has 14 rings (SSSR count). The van der Waals surface area contributed by atoms with Gasteiger partial charge < -0.3 is 78.1 Å². The molecule has 0 aromatic heterocycles. The standard InChI is InChI=1S/C82H79N3O22/c1-42-60(37-82(96)73(106-76(93)48-22-16-11-17-23-48)71-80(6,61(88)36-62-81(71,40-100-62)107-44(3)87)72(90)69(103-43(2)86)65(42)79(82,4)5)104-78(95)70(66(46-18-12-9-13-19-46)85-74(91)47-20-14-10-15-21-47)105-75(92)49-26-24-45(25-27-49)38-83-51-28-30-52(31-29-51)84-67-54-35-57-56(101-41-102-57)34-53(54)63(64-55(67)39-99-77(64)94)50-32-58(97-7)68(89)59(33-50)98-8/h9-35,38,55,60-64,66-67,69-71,73,84,88-89,96H,36-37,39-41H2,1-8H3,(H,85,91)/t55-,60-,61-,62+,63+,64-,66-,67+,69+,70+,71-,73-,80+,81-,82+/m0/s1. The van der Waals surface area contributed by atoms with Gasteiger partial charge in [-0.25, -0.2) is 14.4 Å². The van der Waals surface area contributed by atoms with Crippen molar-refractivity contribution in [3.8, 4) is 28.7 Å². The van der Waals surface area contributed by atoms with E-state index in [2.05, 4.69) is 10.6 Å². The molecule has 107 heavy (non-hydrogen) atoms. The van der Waals surface area contributed by atoms with Crippen LogP contribution in [0, 0.1) is 28.6 Å². The van der Waals surface area contributed by atoms with E-state index in [0.717, 1.165) is 25.0 Å². The fraction of sp³-hybridized carbons (Fsp3) is 0.354. The summed E-state index contributed by atoms with van der Waals surface area (Å²) in [6.07, 6.45) is -9.68. The van der Waals surface area contributed by atoms with Crippen LogP contribution in [0.1, 0.15) is 131 Å². The first-order chi connectivity index (χ1) is 51.3. The van der Waals surface area contributed by atoms with Crippen LogP contribution in [0.5, 0.6) is 28.7 Å². The predicted octanol–water partition coefficient (Wildman–Crippen LogP) is 9.89. The van der Waals surface area contributed by atoms with Crippen molar-refractivity contribution in [2.24, 2.45) is 33.6 Å². The van der Waals surface area contributed by atoms with Crippen molar-refractivity contribution in [3.05, 3.63) is 219 Å². The molecule has 3 aliphatic heterocycles. The molecule has 0 unspecified atom stereocenters. The minimum atomic E-state index is -2.53. The van der Waals surface area contributed by atoms with Crippen LogP contribution in [-0.2, 0) is 57.1 Å². The molecule has 2 saturated heterocycles. The van der Waals surface area contributed by atoms with Crippen molar-refractivity contribution in [2.45, 2.75) is 120 Å². The lowest BCUT2D eigenvalue weighted by Crippen LogP contribution is -2.82. The van der Waals surface area contributed by atoms with E-state index in [9.17, 15) is 44.1 Å². The number of phenolic OH excluding ortho intramolecular Hbond substituents is 1. The van der Waals surface area contributed by atoms with Crippen molar-refractivity contribution < 1.29 is 106 Å². The first-order valence-electron chi connectivity index (χ1n) is 35.1. The molecule has 554 valence electrons. The number of aliphatic hydroxyl groups excluding tert-OH is 1. The minimum absolute atomic E-state index is 0.0179. The van der Waals surface area contributed by atoms with Crippen molar-refractivity contribution in [3.63, 3.8) is 0 Å². The number of methoxy groups -OCH3 is 2. The summed E-state index contributed by atoms with van der Waals surface area (Å²) in [5.41, 5.74) is -3.80. The van der Waals surface area contributed by atoms with Crippen molar-refractivity contribution in [1.82, 2.24) is 5.32 Å². The Labute approximate surface area is 615 Å². The molecule has 1 amide bonds. The molecular weight excluding hydrogens is 1380 g/mol. The largest absolute Gasteiger partial charge is 0.502 e. The second-order valence-corrected chi connectivity index (χ2v) is 28.7. The Hall–Kier alpha value is -11.4. The molecule has 4 aliphatic carbocycles. The quantitative estimate of drug-likeness (QED) is 0.0217. The van der Waals surface area contributed by atoms with Gasteiger partial charge in [-0.1, -0.05) is 92.7 Å². The number of nitrogens with zero attached hydrogens (tertiary/aromatic N) is 1. The fourth-order valence-corrected chi connectivity index (χ4v) is 17.0. The van der Waals surface area contributed by atoms with Crippen LogP contribution >= 0.6 is 0 Å². The highest BCUT2D eigenvalue weighted by molar-refractivity contribution is 5.98. The first kappa shape index (κ1) is 72.5. The summed E-state index contributed by atoms with van der Waals surface area (Å²) in [6.45, 7) is 7.95. The Morgan fingerprint density at radius 2 is 1.33 bits per heavy atom. The molecule has 7 aromatic rings. The number of hydrogen-bond acceptors (Lipinski definition) is 24. The molecule has 3 heterocycles. The third-order valence-electron chi connectivity index (χ3n) is 22.4. The molecule has 0 spiro atoms. The number of nitrogens with one attached hydrogen (secondary N) is 2. The van der Waals surface area contributed by atoms with Crippen molar-refractivity contribution in [2.75, 3.05) is 39.5 Å². The van der Waals surface area contributed by atoms with E-state index in [4.69, 9.17) is 57.1 Å². The summed E-state index contributed by atoms with van der Waals surface area (Å²) in [4.78, 5) is 121. The summed E-state index contributed by atoms with van der Waals surface area (Å²) in [5.74, 6) is -9.06. The highest BCUT2D eigenvalue weighted by Gasteiger charge is 2.78. The van der Waals surface area contributed by atoms with Crippen LogP contribution in [0.4, 0.5) is 11.4 Å². The van der Waals surface area contributed by atoms with Crippen LogP contribution < -0.4 is 29.6 Å². The molecule has 7 aliphatic rings. The summed E-state index contributed by atoms with van der Waals surface area (Å²) < 4.78 is 66.2. The maximum atomic E-state index is 16.0. The molecule has 25 nitrogen and oxygen atoms in total. The number of Topliss-reactive ketones (excluding diaryl/α,β-unsaturated/α-hetero) is 1. The van der Waals surface area contributed by atoms with Gasteiger partial charge in [-0.15, -0.1) is 0 Å². The molecule has 15 atom stereocenters. The van der Waals surface area contributed by atoms with E-state index in [0.29, 0.717) is 34.0 Å². The number of aromatic hydroxyl groups is 1. The Bertz CT molecular complexity index is 4720. The number of cyclic esters (lactones) is 1. The van der Waals surface area contributed by atoms with E-state index < -0.39 is 136 Å². The second kappa shape index (κ2) is 28.5. The number of benzene rings is 7. The molecule has 4 fully saturated rings. The lowest BCUT2D eigenvalue weighted by atomic mass is 9.44. The third kappa shape index (κ3) is 12.8. The number of carbonyl (C=O) groups is 8. The summed E-state index contributed by atoms with van der Waals surface area (Å²) >= 11 is 0. The van der Waals surface area contributed by atoms with Gasteiger partial charge in [0.1, 0.15) is 30.0 Å². The summed E-state index contributed by atoms with van der Waals surface area (Å²) in [5, 5.41) is 44.1. The Morgan fingerprint density at radius 3 is 1.93 bits per heavy atom. The zero-order chi connectivity index (χ0) is 75.6. The second-order valence-electron chi connectivity index (χ2n) is 28.7. The van der Waals surface area contributed by atoms with Crippen LogP contribution in [0.15, 0.2) is 180 Å². The molecule has 5 N–H and O–H groups in total. The van der Waals surface area contributed by atoms with Crippen molar-refractivity contribution in [1.29, 1.82) is 0 Å². The van der Waals surface area contributed by atoms with Gasteiger partial charge in [-0.05, 0) is 138 Å². The van der Waals surface area contributed by atoms with Gasteiger partial charge in [0.25, 0.3) is 5.91 Å². The zero-order valence-corrected chi connectivity index (χ0v) is 59.7. The highest BCUT2D eigenvalue weighted by atomic mass is 16.7. The number of fused-ring (bicyclic) bond motifs is 8. The van der Waals surface area contributed by atoms with Gasteiger partial charge in [0.2, 0.25) is 18.6 Å². The van der Waals surface area contributed by atoms with Crippen LogP contribution in [0.2, 0.25) is 0 Å². The number of anilines is 1. The van der Waals surface area contributed by atoms with Gasteiger partial charge >= 0.3 is 35.8 Å². The van der Waals surface area contributed by atoms with Gasteiger partial charge in [-0.3, -0.25) is 29.0 Å². The maximum absolute atomic E-state index is 16.0. The van der Waals surface area contributed by atoms with Gasteiger partial charge in [0.15, 0.2) is 40.5 Å². The van der Waals surface area contributed by atoms with Gasteiger partial charge in [-0.2, -0.15) is 0 Å². The van der Waals surface area contributed by atoms with Gasteiger partial charge in [0.05, 0.1) is 73.6 Å². The van der Waals surface area contributed by atoms with Gasteiger partial charge in [0, 0.05) is 61.4 Å². The number of aliphatic imine (C=N–C) groups is 1. The maximum Gasteiger partial charge on any atom is 0.350 e. The van der Waals surface area contributed by atoms with E-state index in [1.165, 1.54) is 52.3 Å². The predicted molar refractivity (Wildman–Crippen MR) is 381 cm³/mol. The fourth-order valence-electron chi connectivity index (χ4n) is 17.0. The SMILES string of the molecule is COc1cc([C@@H]2c3cc4c(cc3[C@@H](Nc3ccc(N=Cc5ccc(C(=O)O[C@@H](C(=O)O[C@H]6C[C@@]7(O)[C@@H](OC(=O)c8ccccc8)[C@@H]8[C@]9(OC(C)=O)CO[C@@H]9C[C@H](O)[C@@]8(C)C(=O)[C@H](OC(C)=O)C(=C6C)C7(C)C)[C@@H](NC(=O)c6ccccc6)c6ccccc6)cc5)cc3)[C@H]3COC(=O)[C@H]23)OCO4)cc(OC)c1O. The molecule has 0 radical (unpaired) electrons. The number of phenols is 1. The van der Waals surface area contributed by atoms with Crippen LogP contribution in [-0.4, -0.2) is 151 Å². The van der Waals surface area contributed by atoms with E-state index in [-0.39, 0.29) is 89.0 Å². The van der Waals surface area contributed by atoms with Crippen molar-refractivity contribution >= 4 is 65.1 Å². The van der Waals surface area contributed by atoms with E-state index >= 15 is 9.59 Å². The topological polar surface area (TPSA) is 335 Å². The molecule has 2 bridgehead atoms. The minimum Gasteiger partial charge on any atom is -0.502 e. The lowest BCUT2D eigenvalue weighted by molar-refractivity contribution is -0.346. The Morgan fingerprint density at radius 1 is 0.710 bits per heavy atom.